The molecule has 0 amide bonds. The maximum absolute atomic E-state index is 12.0. The first-order valence-corrected chi connectivity index (χ1v) is 15.7. The zero-order chi connectivity index (χ0) is 31.7. The van der Waals surface area contributed by atoms with Crippen molar-refractivity contribution in [1.29, 1.82) is 0 Å². The molecule has 230 valence electrons. The molecule has 4 N–H and O–H groups in total. The first-order valence-electron chi connectivity index (χ1n) is 15.7. The van der Waals surface area contributed by atoms with Crippen LogP contribution in [0.15, 0.2) is 24.3 Å². The van der Waals surface area contributed by atoms with Gasteiger partial charge in [-0.2, -0.15) is 0 Å². The average molecular weight is 566 g/mol. The fourth-order valence-corrected chi connectivity index (χ4v) is 5.46. The molecule has 2 aromatic rings. The van der Waals surface area contributed by atoms with E-state index in [-0.39, 0.29) is 34.0 Å². The molecule has 0 fully saturated rings. The highest BCUT2D eigenvalue weighted by Crippen LogP contribution is 2.46. The molecule has 0 spiro atoms. The highest BCUT2D eigenvalue weighted by atomic mass is 16.4. The largest absolute Gasteiger partial charge is 0.507 e. The summed E-state index contributed by atoms with van der Waals surface area (Å²) in [6.45, 7) is 28.9. The van der Waals surface area contributed by atoms with Crippen LogP contribution in [-0.4, -0.2) is 22.2 Å². The number of phenolic OH excluding ortho intramolecular Hbond substituents is 1. The third kappa shape index (κ3) is 7.19. The fraction of sp³-hybridized carbons (Fsp3) is 0.649. The van der Waals surface area contributed by atoms with E-state index in [0.29, 0.717) is 5.75 Å². The van der Waals surface area contributed by atoms with Crippen molar-refractivity contribution in [2.24, 2.45) is 5.73 Å². The van der Waals surface area contributed by atoms with Gasteiger partial charge in [-0.1, -0.05) is 114 Å². The van der Waals surface area contributed by atoms with E-state index < -0.39 is 12.0 Å². The second kappa shape index (κ2) is 12.5. The Balaban J connectivity index is 3.11. The Kier molecular flexibility index (Phi) is 10.6. The molecule has 0 aliphatic rings. The number of rotatable bonds is 13. The zero-order valence-corrected chi connectivity index (χ0v) is 28.4. The number of phenols is 1. The molecule has 1 unspecified atom stereocenters. The summed E-state index contributed by atoms with van der Waals surface area (Å²) in [7, 11) is 0. The molecule has 2 rings (SSSR count). The summed E-state index contributed by atoms with van der Waals surface area (Å²) in [5, 5.41) is 21.8. The average Bonchev–Trinajstić information content (AvgIpc) is 2.92. The Morgan fingerprint density at radius 3 is 1.51 bits per heavy atom. The molecule has 0 bridgehead atoms. The van der Waals surface area contributed by atoms with Gasteiger partial charge in [0, 0.05) is 17.0 Å². The third-order valence-corrected chi connectivity index (χ3v) is 10.7. The van der Waals surface area contributed by atoms with Gasteiger partial charge in [-0.25, -0.2) is 0 Å². The van der Waals surface area contributed by atoms with Crippen molar-refractivity contribution in [1.82, 2.24) is 0 Å². The highest BCUT2D eigenvalue weighted by Gasteiger charge is 2.34. The van der Waals surface area contributed by atoms with E-state index in [2.05, 4.69) is 114 Å². The molecular formula is C37H59NO3. The minimum absolute atomic E-state index is 0.0589. The molecule has 0 radical (unpaired) electrons. The van der Waals surface area contributed by atoms with Crippen LogP contribution in [0.5, 0.6) is 5.75 Å². The Labute approximate surface area is 251 Å². The monoisotopic (exact) mass is 565 g/mol. The van der Waals surface area contributed by atoms with Crippen LogP contribution in [0.25, 0.3) is 0 Å². The van der Waals surface area contributed by atoms with Crippen molar-refractivity contribution in [2.75, 3.05) is 0 Å². The number of aliphatic carboxylic acids is 1. The van der Waals surface area contributed by atoms with Gasteiger partial charge in [0.1, 0.15) is 11.8 Å². The van der Waals surface area contributed by atoms with Gasteiger partial charge in [0.05, 0.1) is 0 Å². The lowest BCUT2D eigenvalue weighted by Crippen LogP contribution is -2.34. The van der Waals surface area contributed by atoms with E-state index >= 15 is 0 Å². The van der Waals surface area contributed by atoms with Gasteiger partial charge < -0.3 is 15.9 Å². The van der Waals surface area contributed by atoms with Crippen molar-refractivity contribution in [2.45, 2.75) is 156 Å². The van der Waals surface area contributed by atoms with Gasteiger partial charge in [0.15, 0.2) is 0 Å². The standard InChI is InChI=1S/C37H59NO3/c1-14-34(6,7)24-18-26(28(22-31(38)33(40)41)29(20-24)36(10,11)16-3)23(5)27-19-25(35(8,9)15-2)21-30(32(27)39)37(12,13)17-4/h18-21,23,31,39H,14-17,22,38H2,1-13H3,(H,40,41)/t23?,31-/m0/s1. The smallest absolute Gasteiger partial charge is 0.320 e. The predicted molar refractivity (Wildman–Crippen MR) is 175 cm³/mol. The molecule has 0 aliphatic heterocycles. The normalized spacial score (nSPS) is 14.7. The minimum Gasteiger partial charge on any atom is -0.507 e. The maximum atomic E-state index is 12.0. The Bertz CT molecular complexity index is 1240. The fourth-order valence-electron chi connectivity index (χ4n) is 5.46. The van der Waals surface area contributed by atoms with Gasteiger partial charge in [-0.3, -0.25) is 4.79 Å². The summed E-state index contributed by atoms with van der Waals surface area (Å²) in [6.07, 6.45) is 4.01. The zero-order valence-electron chi connectivity index (χ0n) is 28.4. The topological polar surface area (TPSA) is 83.6 Å². The van der Waals surface area contributed by atoms with E-state index in [1.165, 1.54) is 11.1 Å². The Hall–Kier alpha value is -2.33. The van der Waals surface area contributed by atoms with Crippen molar-refractivity contribution >= 4 is 5.97 Å². The number of hydrogen-bond donors (Lipinski definition) is 3. The van der Waals surface area contributed by atoms with Crippen molar-refractivity contribution in [3.05, 3.63) is 63.2 Å². The van der Waals surface area contributed by atoms with Gasteiger partial charge in [-0.05, 0) is 81.6 Å². The van der Waals surface area contributed by atoms with Crippen LogP contribution in [0.2, 0.25) is 0 Å². The number of carboxylic acids is 1. The number of aromatic hydroxyl groups is 1. The lowest BCUT2D eigenvalue weighted by molar-refractivity contribution is -0.138. The van der Waals surface area contributed by atoms with E-state index in [0.717, 1.165) is 53.5 Å². The molecule has 0 heterocycles. The number of carbonyl (C=O) groups is 1. The Morgan fingerprint density at radius 1 is 0.707 bits per heavy atom. The van der Waals surface area contributed by atoms with Gasteiger partial charge in [0.2, 0.25) is 0 Å². The van der Waals surface area contributed by atoms with Crippen molar-refractivity contribution < 1.29 is 15.0 Å². The van der Waals surface area contributed by atoms with Crippen LogP contribution in [0.3, 0.4) is 0 Å². The van der Waals surface area contributed by atoms with Crippen LogP contribution >= 0.6 is 0 Å². The molecule has 0 aromatic heterocycles. The molecule has 0 aliphatic carbocycles. The number of benzene rings is 2. The van der Waals surface area contributed by atoms with E-state index in [1.807, 2.05) is 0 Å². The summed E-state index contributed by atoms with van der Waals surface area (Å²) in [4.78, 5) is 12.0. The first-order chi connectivity index (χ1) is 18.7. The molecule has 2 aromatic carbocycles. The van der Waals surface area contributed by atoms with Gasteiger partial charge in [0.25, 0.3) is 0 Å². The minimum atomic E-state index is -1.01. The summed E-state index contributed by atoms with van der Waals surface area (Å²) >= 11 is 0. The molecule has 0 saturated heterocycles. The molecule has 4 nitrogen and oxygen atoms in total. The second-order valence-electron chi connectivity index (χ2n) is 14.9. The van der Waals surface area contributed by atoms with Gasteiger partial charge in [-0.15, -0.1) is 0 Å². The van der Waals surface area contributed by atoms with Crippen molar-refractivity contribution in [3.8, 4) is 5.75 Å². The number of hydrogen-bond acceptors (Lipinski definition) is 3. The molecule has 2 atom stereocenters. The summed E-state index contributed by atoms with van der Waals surface area (Å²) < 4.78 is 0. The van der Waals surface area contributed by atoms with Crippen LogP contribution < -0.4 is 5.73 Å². The predicted octanol–water partition coefficient (Wildman–Crippen LogP) is 9.25. The third-order valence-electron chi connectivity index (χ3n) is 10.7. The highest BCUT2D eigenvalue weighted by molar-refractivity contribution is 5.74. The van der Waals surface area contributed by atoms with Gasteiger partial charge >= 0.3 is 5.97 Å². The quantitative estimate of drug-likeness (QED) is 0.226. The van der Waals surface area contributed by atoms with Crippen molar-refractivity contribution in [3.63, 3.8) is 0 Å². The van der Waals surface area contributed by atoms with Crippen LogP contribution in [-0.2, 0) is 32.9 Å². The van der Waals surface area contributed by atoms with E-state index in [9.17, 15) is 15.0 Å². The number of carboxylic acid groups (broad SMARTS) is 1. The Morgan fingerprint density at radius 2 is 1.10 bits per heavy atom. The molecular weight excluding hydrogens is 506 g/mol. The molecule has 41 heavy (non-hydrogen) atoms. The molecule has 4 heteroatoms. The summed E-state index contributed by atoms with van der Waals surface area (Å²) in [6, 6.07) is 7.97. The summed E-state index contributed by atoms with van der Waals surface area (Å²) in [5.41, 5.74) is 13.3. The maximum Gasteiger partial charge on any atom is 0.320 e. The van der Waals surface area contributed by atoms with E-state index in [4.69, 9.17) is 5.73 Å². The molecule has 0 saturated carbocycles. The lowest BCUT2D eigenvalue weighted by Gasteiger charge is -2.35. The SMILES string of the molecule is CCC(C)(C)c1cc(C(C)c2cc(C(C)(C)CC)cc(C(C)(C)CC)c2C[C@H](N)C(=O)O)c(O)c(C(C)(C)CC)c1. The van der Waals surface area contributed by atoms with E-state index in [1.54, 1.807) is 0 Å². The first kappa shape index (κ1) is 34.9. The van der Waals surface area contributed by atoms with Crippen LogP contribution in [0.1, 0.15) is 161 Å². The lowest BCUT2D eigenvalue weighted by atomic mass is 9.69. The van der Waals surface area contributed by atoms with Crippen LogP contribution in [0, 0.1) is 0 Å². The van der Waals surface area contributed by atoms with Crippen LogP contribution in [0.4, 0.5) is 0 Å². The number of nitrogens with two attached hydrogens (primary N) is 1. The second-order valence-corrected chi connectivity index (χ2v) is 14.9. The summed E-state index contributed by atoms with van der Waals surface area (Å²) in [5.74, 6) is -0.808.